The Bertz CT molecular complexity index is 706. The molecule has 0 aliphatic rings. The number of esters is 1. The monoisotopic (exact) mass is 393 g/mol. The molecule has 3 nitrogen and oxygen atoms in total. The van der Waals surface area contributed by atoms with Crippen molar-refractivity contribution >= 4 is 28.9 Å². The van der Waals surface area contributed by atoms with Crippen molar-refractivity contribution in [3.05, 3.63) is 56.7 Å². The van der Waals surface area contributed by atoms with Crippen molar-refractivity contribution in [3.8, 4) is 0 Å². The maximum Gasteiger partial charge on any atom is 0.348 e. The zero-order valence-electron chi connectivity index (χ0n) is 15.8. The SMILES string of the molecule is CC(C)(C)OC(=O)c1ccc(CCCNCCCc2cccc(Cl)c2)s1. The summed E-state index contributed by atoms with van der Waals surface area (Å²) < 4.78 is 5.40. The van der Waals surface area contributed by atoms with Crippen LogP contribution in [0.2, 0.25) is 5.02 Å². The summed E-state index contributed by atoms with van der Waals surface area (Å²) in [5, 5.41) is 4.28. The highest BCUT2D eigenvalue weighted by molar-refractivity contribution is 7.13. The lowest BCUT2D eigenvalue weighted by atomic mass is 10.1. The molecule has 0 fully saturated rings. The van der Waals surface area contributed by atoms with Crippen LogP contribution >= 0.6 is 22.9 Å². The number of hydrogen-bond donors (Lipinski definition) is 1. The van der Waals surface area contributed by atoms with E-state index in [1.807, 2.05) is 51.1 Å². The van der Waals surface area contributed by atoms with Gasteiger partial charge < -0.3 is 10.1 Å². The van der Waals surface area contributed by atoms with Gasteiger partial charge in [0.15, 0.2) is 0 Å². The van der Waals surface area contributed by atoms with Crippen molar-refractivity contribution in [1.82, 2.24) is 5.32 Å². The molecule has 0 aliphatic carbocycles. The molecule has 0 saturated heterocycles. The average Bonchev–Trinajstić information content (AvgIpc) is 3.01. The van der Waals surface area contributed by atoms with Gasteiger partial charge in [-0.05, 0) is 89.4 Å². The number of hydrogen-bond acceptors (Lipinski definition) is 4. The van der Waals surface area contributed by atoms with Crippen molar-refractivity contribution in [3.63, 3.8) is 0 Å². The zero-order chi connectivity index (χ0) is 19.0. The van der Waals surface area contributed by atoms with E-state index < -0.39 is 5.60 Å². The first kappa shape index (κ1) is 20.9. The van der Waals surface area contributed by atoms with Crippen LogP contribution in [0.15, 0.2) is 36.4 Å². The second kappa shape index (κ2) is 10.1. The predicted octanol–water partition coefficient (Wildman–Crippen LogP) is 5.51. The molecule has 0 unspecified atom stereocenters. The summed E-state index contributed by atoms with van der Waals surface area (Å²) in [6, 6.07) is 11.9. The molecule has 1 aromatic carbocycles. The lowest BCUT2D eigenvalue weighted by Gasteiger charge is -2.18. The van der Waals surface area contributed by atoms with Crippen molar-refractivity contribution in [1.29, 1.82) is 0 Å². The summed E-state index contributed by atoms with van der Waals surface area (Å²) in [5.41, 5.74) is 0.837. The normalized spacial score (nSPS) is 11.5. The van der Waals surface area contributed by atoms with Crippen LogP contribution in [0.1, 0.15) is 53.7 Å². The highest BCUT2D eigenvalue weighted by atomic mass is 35.5. The fourth-order valence-electron chi connectivity index (χ4n) is 2.57. The van der Waals surface area contributed by atoms with Gasteiger partial charge in [0.2, 0.25) is 0 Å². The first-order valence-electron chi connectivity index (χ1n) is 9.11. The standard InChI is InChI=1S/C21H28ClNO2S/c1-21(2,3)25-20(24)19-12-11-18(26-19)10-6-14-23-13-5-8-16-7-4-9-17(22)15-16/h4,7,9,11-12,15,23H,5-6,8,10,13-14H2,1-3H3. The van der Waals surface area contributed by atoms with Gasteiger partial charge in [0.1, 0.15) is 10.5 Å². The van der Waals surface area contributed by atoms with Crippen LogP contribution in [-0.2, 0) is 17.6 Å². The number of aryl methyl sites for hydroxylation is 2. The molecule has 0 spiro atoms. The van der Waals surface area contributed by atoms with Gasteiger partial charge in [-0.25, -0.2) is 4.79 Å². The van der Waals surface area contributed by atoms with E-state index >= 15 is 0 Å². The fourth-order valence-corrected chi connectivity index (χ4v) is 3.71. The number of benzene rings is 1. The van der Waals surface area contributed by atoms with Crippen LogP contribution < -0.4 is 5.32 Å². The van der Waals surface area contributed by atoms with E-state index in [1.54, 1.807) is 0 Å². The fraction of sp³-hybridized carbons (Fsp3) is 0.476. The quantitative estimate of drug-likeness (QED) is 0.450. The Morgan fingerprint density at radius 1 is 1.12 bits per heavy atom. The first-order chi connectivity index (χ1) is 12.3. The van der Waals surface area contributed by atoms with Crippen molar-refractivity contribution < 1.29 is 9.53 Å². The Hall–Kier alpha value is -1.36. The molecular formula is C21H28ClNO2S. The molecular weight excluding hydrogens is 366 g/mol. The molecule has 26 heavy (non-hydrogen) atoms. The number of thiophene rings is 1. The van der Waals surface area contributed by atoms with Crippen LogP contribution in [0.4, 0.5) is 0 Å². The molecule has 1 N–H and O–H groups in total. The average molecular weight is 394 g/mol. The van der Waals surface area contributed by atoms with Crippen LogP contribution in [0.25, 0.3) is 0 Å². The topological polar surface area (TPSA) is 38.3 Å². The van der Waals surface area contributed by atoms with Gasteiger partial charge in [-0.2, -0.15) is 0 Å². The second-order valence-corrected chi connectivity index (χ2v) is 8.96. The van der Waals surface area contributed by atoms with E-state index in [9.17, 15) is 4.79 Å². The number of rotatable bonds is 9. The summed E-state index contributed by atoms with van der Waals surface area (Å²) in [6.07, 6.45) is 4.18. The third-order valence-corrected chi connectivity index (χ3v) is 5.11. The summed E-state index contributed by atoms with van der Waals surface area (Å²) in [6.45, 7) is 7.64. The number of ether oxygens (including phenoxy) is 1. The number of nitrogens with one attached hydrogen (secondary N) is 1. The predicted molar refractivity (Wildman–Crippen MR) is 110 cm³/mol. The van der Waals surface area contributed by atoms with Gasteiger partial charge in [0.25, 0.3) is 0 Å². The Balaban J connectivity index is 1.59. The molecule has 0 amide bonds. The summed E-state index contributed by atoms with van der Waals surface area (Å²) in [4.78, 5) is 13.9. The largest absolute Gasteiger partial charge is 0.456 e. The second-order valence-electron chi connectivity index (χ2n) is 7.35. The number of halogens is 1. The van der Waals surface area contributed by atoms with Gasteiger partial charge >= 0.3 is 5.97 Å². The van der Waals surface area contributed by atoms with Crippen LogP contribution in [0.5, 0.6) is 0 Å². The van der Waals surface area contributed by atoms with Crippen LogP contribution in [0.3, 0.4) is 0 Å². The number of carbonyl (C=O) groups is 1. The highest BCUT2D eigenvalue weighted by Crippen LogP contribution is 2.21. The molecule has 5 heteroatoms. The summed E-state index contributed by atoms with van der Waals surface area (Å²) in [7, 11) is 0. The highest BCUT2D eigenvalue weighted by Gasteiger charge is 2.19. The summed E-state index contributed by atoms with van der Waals surface area (Å²) >= 11 is 7.53. The molecule has 0 aliphatic heterocycles. The smallest absolute Gasteiger partial charge is 0.348 e. The Labute approximate surface area is 165 Å². The van der Waals surface area contributed by atoms with Crippen LogP contribution in [-0.4, -0.2) is 24.7 Å². The lowest BCUT2D eigenvalue weighted by molar-refractivity contribution is 0.00752. The minimum absolute atomic E-state index is 0.229. The Morgan fingerprint density at radius 3 is 2.54 bits per heavy atom. The first-order valence-corrected chi connectivity index (χ1v) is 10.3. The minimum Gasteiger partial charge on any atom is -0.456 e. The Morgan fingerprint density at radius 2 is 1.85 bits per heavy atom. The molecule has 2 aromatic rings. The van der Waals surface area contributed by atoms with Crippen molar-refractivity contribution in [2.75, 3.05) is 13.1 Å². The van der Waals surface area contributed by atoms with E-state index in [0.717, 1.165) is 43.8 Å². The molecule has 0 atom stereocenters. The molecule has 1 aromatic heterocycles. The third-order valence-electron chi connectivity index (χ3n) is 3.75. The molecule has 1 heterocycles. The Kier molecular flexibility index (Phi) is 8.14. The van der Waals surface area contributed by atoms with E-state index in [-0.39, 0.29) is 5.97 Å². The zero-order valence-corrected chi connectivity index (χ0v) is 17.4. The van der Waals surface area contributed by atoms with Crippen molar-refractivity contribution in [2.45, 2.75) is 52.1 Å². The molecule has 0 radical (unpaired) electrons. The van der Waals surface area contributed by atoms with Crippen molar-refractivity contribution in [2.24, 2.45) is 0 Å². The molecule has 0 bridgehead atoms. The van der Waals surface area contributed by atoms with Gasteiger partial charge in [-0.15, -0.1) is 11.3 Å². The van der Waals surface area contributed by atoms with Gasteiger partial charge in [0.05, 0.1) is 0 Å². The van der Waals surface area contributed by atoms with Crippen LogP contribution in [0, 0.1) is 0 Å². The summed E-state index contributed by atoms with van der Waals surface area (Å²) in [5.74, 6) is -0.229. The third kappa shape index (κ3) is 7.90. The molecule has 2 rings (SSSR count). The van der Waals surface area contributed by atoms with E-state index in [0.29, 0.717) is 4.88 Å². The van der Waals surface area contributed by atoms with E-state index in [4.69, 9.17) is 16.3 Å². The molecule has 0 saturated carbocycles. The van der Waals surface area contributed by atoms with E-state index in [1.165, 1.54) is 21.8 Å². The van der Waals surface area contributed by atoms with E-state index in [2.05, 4.69) is 11.4 Å². The van der Waals surface area contributed by atoms with Gasteiger partial charge in [-0.1, -0.05) is 23.7 Å². The lowest BCUT2D eigenvalue weighted by Crippen LogP contribution is -2.23. The number of carbonyl (C=O) groups excluding carboxylic acids is 1. The van der Waals surface area contributed by atoms with Gasteiger partial charge in [-0.3, -0.25) is 0 Å². The van der Waals surface area contributed by atoms with Gasteiger partial charge in [0, 0.05) is 9.90 Å². The minimum atomic E-state index is -0.448. The maximum atomic E-state index is 12.0. The maximum absolute atomic E-state index is 12.0. The molecule has 142 valence electrons.